The highest BCUT2D eigenvalue weighted by Crippen LogP contribution is 2.23. The smallest absolute Gasteiger partial charge is 0.119 e. The van der Waals surface area contributed by atoms with Gasteiger partial charge in [0.05, 0.1) is 13.1 Å². The molecule has 0 unspecified atom stereocenters. The zero-order valence-corrected chi connectivity index (χ0v) is 9.23. The third-order valence-electron chi connectivity index (χ3n) is 2.86. The van der Waals surface area contributed by atoms with Crippen LogP contribution in [-0.4, -0.2) is 31.1 Å². The number of aliphatic carboxylic acids is 1. The second-order valence-corrected chi connectivity index (χ2v) is 3.97. The Morgan fingerprint density at radius 1 is 1.50 bits per heavy atom. The topological polar surface area (TPSA) is 52.6 Å². The highest BCUT2D eigenvalue weighted by atomic mass is 16.5. The Kier molecular flexibility index (Phi) is 3.10. The van der Waals surface area contributed by atoms with Crippen molar-refractivity contribution in [1.82, 2.24) is 4.90 Å². The van der Waals surface area contributed by atoms with Gasteiger partial charge in [0.25, 0.3) is 0 Å². The quantitative estimate of drug-likeness (QED) is 0.708. The number of rotatable bonds is 3. The maximum absolute atomic E-state index is 10.5. The van der Waals surface area contributed by atoms with Crippen LogP contribution in [0.1, 0.15) is 11.1 Å². The van der Waals surface area contributed by atoms with Crippen LogP contribution in [0.15, 0.2) is 18.2 Å². The number of carboxylic acids is 1. The summed E-state index contributed by atoms with van der Waals surface area (Å²) in [6, 6.07) is 5.92. The number of methoxy groups -OCH3 is 1. The Bertz CT molecular complexity index is 403. The fourth-order valence-electron chi connectivity index (χ4n) is 2.03. The molecular weight excluding hydrogens is 206 g/mol. The average molecular weight is 220 g/mol. The summed E-state index contributed by atoms with van der Waals surface area (Å²) in [4.78, 5) is 12.4. The van der Waals surface area contributed by atoms with Crippen LogP contribution in [0.3, 0.4) is 0 Å². The fraction of sp³-hybridized carbons (Fsp3) is 0.417. The number of benzene rings is 1. The van der Waals surface area contributed by atoms with Gasteiger partial charge in [-0.1, -0.05) is 6.07 Å². The predicted molar refractivity (Wildman–Crippen MR) is 57.0 cm³/mol. The van der Waals surface area contributed by atoms with Crippen LogP contribution < -0.4 is 9.84 Å². The van der Waals surface area contributed by atoms with Gasteiger partial charge in [0, 0.05) is 19.6 Å². The second kappa shape index (κ2) is 4.53. The molecule has 0 saturated heterocycles. The average Bonchev–Trinajstić information content (AvgIpc) is 2.27. The van der Waals surface area contributed by atoms with Gasteiger partial charge in [-0.2, -0.15) is 0 Å². The lowest BCUT2D eigenvalue weighted by molar-refractivity contribution is -0.306. The molecule has 0 aromatic heterocycles. The number of fused-ring (bicyclic) bond motifs is 1. The van der Waals surface area contributed by atoms with Gasteiger partial charge >= 0.3 is 0 Å². The molecule has 1 aliphatic heterocycles. The number of hydrogen-bond donors (Lipinski definition) is 0. The predicted octanol–water partition coefficient (Wildman–Crippen LogP) is -0.197. The van der Waals surface area contributed by atoms with Gasteiger partial charge in [-0.25, -0.2) is 0 Å². The van der Waals surface area contributed by atoms with Crippen molar-refractivity contribution in [3.05, 3.63) is 29.3 Å². The fourth-order valence-corrected chi connectivity index (χ4v) is 2.03. The number of hydrogen-bond acceptors (Lipinski definition) is 4. The summed E-state index contributed by atoms with van der Waals surface area (Å²) in [5.41, 5.74) is 2.42. The molecule has 4 nitrogen and oxygen atoms in total. The molecule has 1 aliphatic rings. The van der Waals surface area contributed by atoms with Gasteiger partial charge in [-0.3, -0.25) is 4.90 Å². The highest BCUT2D eigenvalue weighted by molar-refractivity contribution is 5.66. The summed E-state index contributed by atoms with van der Waals surface area (Å²) in [6.07, 6.45) is 0.861. The molecule has 0 N–H and O–H groups in total. The van der Waals surface area contributed by atoms with E-state index >= 15 is 0 Å². The Balaban J connectivity index is 2.12. The van der Waals surface area contributed by atoms with Gasteiger partial charge in [0.15, 0.2) is 0 Å². The van der Waals surface area contributed by atoms with Crippen LogP contribution >= 0.6 is 0 Å². The lowest BCUT2D eigenvalue weighted by atomic mass is 9.99. The van der Waals surface area contributed by atoms with Gasteiger partial charge in [0.1, 0.15) is 5.75 Å². The number of carbonyl (C=O) groups excluding carboxylic acids is 1. The van der Waals surface area contributed by atoms with Crippen LogP contribution in [0.5, 0.6) is 5.75 Å². The van der Waals surface area contributed by atoms with E-state index in [-0.39, 0.29) is 6.54 Å². The van der Waals surface area contributed by atoms with Crippen molar-refractivity contribution in [1.29, 1.82) is 0 Å². The zero-order valence-electron chi connectivity index (χ0n) is 9.23. The van der Waals surface area contributed by atoms with E-state index in [1.807, 2.05) is 23.1 Å². The number of carbonyl (C=O) groups is 1. The molecule has 4 heteroatoms. The first-order valence-electron chi connectivity index (χ1n) is 5.27. The molecule has 0 saturated carbocycles. The first-order valence-corrected chi connectivity index (χ1v) is 5.27. The van der Waals surface area contributed by atoms with Crippen LogP contribution in [-0.2, 0) is 17.8 Å². The van der Waals surface area contributed by atoms with Crippen molar-refractivity contribution in [2.75, 3.05) is 20.2 Å². The number of nitrogens with zero attached hydrogens (tertiary/aromatic N) is 1. The first-order chi connectivity index (χ1) is 7.69. The molecule has 1 heterocycles. The second-order valence-electron chi connectivity index (χ2n) is 3.97. The molecule has 0 atom stereocenters. The largest absolute Gasteiger partial charge is 0.549 e. The molecule has 2 rings (SSSR count). The molecule has 1 aromatic carbocycles. The lowest BCUT2D eigenvalue weighted by Gasteiger charge is -2.29. The normalized spacial score (nSPS) is 15.6. The lowest BCUT2D eigenvalue weighted by Crippen LogP contribution is -2.40. The van der Waals surface area contributed by atoms with Crippen molar-refractivity contribution >= 4 is 5.97 Å². The molecular formula is C12H14NO3-. The molecule has 0 amide bonds. The standard InChI is InChI=1S/C12H15NO3/c1-16-11-3-2-10-7-13(8-12(14)15)5-4-9(10)6-11/h2-3,6H,4-5,7-8H2,1H3,(H,14,15)/p-1. The molecule has 16 heavy (non-hydrogen) atoms. The number of carboxylic acid groups (broad SMARTS) is 1. The molecule has 0 fully saturated rings. The van der Waals surface area contributed by atoms with Gasteiger partial charge in [-0.05, 0) is 29.7 Å². The van der Waals surface area contributed by atoms with Gasteiger partial charge in [0.2, 0.25) is 0 Å². The third kappa shape index (κ3) is 2.33. The summed E-state index contributed by atoms with van der Waals surface area (Å²) < 4.78 is 5.15. The minimum Gasteiger partial charge on any atom is -0.549 e. The Labute approximate surface area is 94.4 Å². The van der Waals surface area contributed by atoms with E-state index in [0.29, 0.717) is 6.54 Å². The Hall–Kier alpha value is -1.55. The van der Waals surface area contributed by atoms with E-state index in [2.05, 4.69) is 0 Å². The third-order valence-corrected chi connectivity index (χ3v) is 2.86. The minimum atomic E-state index is -1.02. The summed E-state index contributed by atoms with van der Waals surface area (Å²) in [5, 5.41) is 10.5. The molecule has 0 spiro atoms. The van der Waals surface area contributed by atoms with Crippen molar-refractivity contribution in [2.24, 2.45) is 0 Å². The van der Waals surface area contributed by atoms with Crippen molar-refractivity contribution in [2.45, 2.75) is 13.0 Å². The molecule has 0 bridgehead atoms. The van der Waals surface area contributed by atoms with Crippen LogP contribution in [0, 0.1) is 0 Å². The van der Waals surface area contributed by atoms with E-state index in [4.69, 9.17) is 4.74 Å². The van der Waals surface area contributed by atoms with Crippen molar-refractivity contribution in [3.63, 3.8) is 0 Å². The molecule has 0 radical (unpaired) electrons. The summed E-state index contributed by atoms with van der Waals surface area (Å²) in [5.74, 6) is -0.163. The van der Waals surface area contributed by atoms with E-state index < -0.39 is 5.97 Å². The zero-order chi connectivity index (χ0) is 11.5. The van der Waals surface area contributed by atoms with E-state index in [1.54, 1.807) is 7.11 Å². The van der Waals surface area contributed by atoms with Crippen LogP contribution in [0.4, 0.5) is 0 Å². The maximum Gasteiger partial charge on any atom is 0.119 e. The SMILES string of the molecule is COc1ccc2c(c1)CCN(CC(=O)[O-])C2. The maximum atomic E-state index is 10.5. The van der Waals surface area contributed by atoms with Gasteiger partial charge in [-0.15, -0.1) is 0 Å². The minimum absolute atomic E-state index is 0.00543. The van der Waals surface area contributed by atoms with Crippen LogP contribution in [0.2, 0.25) is 0 Å². The number of ether oxygens (including phenoxy) is 1. The molecule has 0 aliphatic carbocycles. The van der Waals surface area contributed by atoms with E-state index in [0.717, 1.165) is 18.7 Å². The molecule has 86 valence electrons. The van der Waals surface area contributed by atoms with E-state index in [1.165, 1.54) is 11.1 Å². The van der Waals surface area contributed by atoms with Crippen LogP contribution in [0.25, 0.3) is 0 Å². The highest BCUT2D eigenvalue weighted by Gasteiger charge is 2.16. The van der Waals surface area contributed by atoms with Crippen molar-refractivity contribution < 1.29 is 14.6 Å². The summed E-state index contributed by atoms with van der Waals surface area (Å²) in [7, 11) is 1.65. The summed E-state index contributed by atoms with van der Waals surface area (Å²) >= 11 is 0. The Morgan fingerprint density at radius 3 is 3.00 bits per heavy atom. The van der Waals surface area contributed by atoms with Crippen molar-refractivity contribution in [3.8, 4) is 5.75 Å². The molecule has 1 aromatic rings. The van der Waals surface area contributed by atoms with E-state index in [9.17, 15) is 9.90 Å². The Morgan fingerprint density at radius 2 is 2.31 bits per heavy atom. The summed E-state index contributed by atoms with van der Waals surface area (Å²) in [6.45, 7) is 1.44. The monoisotopic (exact) mass is 220 g/mol. The first kappa shape index (κ1) is 11.0. The van der Waals surface area contributed by atoms with Gasteiger partial charge < -0.3 is 14.6 Å².